The van der Waals surface area contributed by atoms with E-state index in [0.29, 0.717) is 22.3 Å². The van der Waals surface area contributed by atoms with Crippen LogP contribution in [0.2, 0.25) is 10.0 Å². The first-order valence-electron chi connectivity index (χ1n) is 9.40. The van der Waals surface area contributed by atoms with Gasteiger partial charge in [-0.1, -0.05) is 34.5 Å². The van der Waals surface area contributed by atoms with Crippen molar-refractivity contribution in [2.24, 2.45) is 0 Å². The molecule has 1 aromatic heterocycles. The molecular formula is C21H18Cl2N4O5. The van der Waals surface area contributed by atoms with Crippen molar-refractivity contribution >= 4 is 46.7 Å². The number of esters is 1. The third kappa shape index (κ3) is 5.24. The average Bonchev–Trinajstić information content (AvgIpc) is 3.11. The number of aromatic carboxylic acids is 1. The van der Waals surface area contributed by atoms with Crippen LogP contribution >= 0.6 is 23.2 Å². The highest BCUT2D eigenvalue weighted by Crippen LogP contribution is 2.23. The first-order chi connectivity index (χ1) is 15.2. The molecule has 166 valence electrons. The van der Waals surface area contributed by atoms with E-state index in [1.54, 1.807) is 32.0 Å². The van der Waals surface area contributed by atoms with E-state index in [4.69, 9.17) is 27.9 Å². The number of carbonyl (C=O) groups is 3. The van der Waals surface area contributed by atoms with Crippen LogP contribution in [0, 0.1) is 6.92 Å². The number of carbonyl (C=O) groups excluding carboxylic acids is 2. The van der Waals surface area contributed by atoms with Crippen LogP contribution in [0.4, 0.5) is 5.69 Å². The summed E-state index contributed by atoms with van der Waals surface area (Å²) in [5.74, 6) is -2.56. The van der Waals surface area contributed by atoms with Crippen LogP contribution in [0.1, 0.15) is 49.4 Å². The number of hydrogen-bond donors (Lipinski definition) is 2. The van der Waals surface area contributed by atoms with Gasteiger partial charge >= 0.3 is 11.9 Å². The first-order valence-corrected chi connectivity index (χ1v) is 10.2. The molecule has 0 spiro atoms. The van der Waals surface area contributed by atoms with E-state index in [2.05, 4.69) is 15.6 Å². The van der Waals surface area contributed by atoms with Gasteiger partial charge in [-0.05, 0) is 49.7 Å². The summed E-state index contributed by atoms with van der Waals surface area (Å²) in [5.41, 5.74) is 1.27. The van der Waals surface area contributed by atoms with Gasteiger partial charge < -0.3 is 15.2 Å². The van der Waals surface area contributed by atoms with Gasteiger partial charge in [-0.2, -0.15) is 0 Å². The van der Waals surface area contributed by atoms with Gasteiger partial charge in [-0.25, -0.2) is 14.3 Å². The monoisotopic (exact) mass is 476 g/mol. The van der Waals surface area contributed by atoms with Crippen LogP contribution in [0.5, 0.6) is 0 Å². The van der Waals surface area contributed by atoms with Crippen LogP contribution in [-0.4, -0.2) is 44.6 Å². The lowest BCUT2D eigenvalue weighted by atomic mass is 10.1. The number of carboxylic acid groups (broad SMARTS) is 1. The fourth-order valence-corrected chi connectivity index (χ4v) is 3.20. The Morgan fingerprint density at radius 2 is 1.81 bits per heavy atom. The standard InChI is InChI=1S/C21H18Cl2N4O5/c1-3-32-21(31)14-7-13(20(29)30)8-15(9-14)24-19(28)18-11(2)27(26-25-18)10-12-4-5-16(22)17(23)6-12/h4-9H,3,10H2,1-2H3,(H,24,28)(H,29,30). The first kappa shape index (κ1) is 23.2. The van der Waals surface area contributed by atoms with Crippen molar-refractivity contribution in [3.63, 3.8) is 0 Å². The summed E-state index contributed by atoms with van der Waals surface area (Å²) in [6.07, 6.45) is 0. The number of benzene rings is 2. The third-order valence-corrected chi connectivity index (χ3v) is 5.20. The summed E-state index contributed by atoms with van der Waals surface area (Å²) in [5, 5.41) is 20.6. The second kappa shape index (κ2) is 9.80. The van der Waals surface area contributed by atoms with E-state index in [1.807, 2.05) is 0 Å². The number of ether oxygens (including phenoxy) is 1. The minimum Gasteiger partial charge on any atom is -0.478 e. The molecule has 2 N–H and O–H groups in total. The Labute approximate surface area is 192 Å². The number of halogens is 2. The van der Waals surface area contributed by atoms with Crippen molar-refractivity contribution in [2.45, 2.75) is 20.4 Å². The zero-order valence-electron chi connectivity index (χ0n) is 17.1. The minimum atomic E-state index is -1.25. The normalized spacial score (nSPS) is 10.6. The summed E-state index contributed by atoms with van der Waals surface area (Å²) in [4.78, 5) is 36.2. The van der Waals surface area contributed by atoms with Gasteiger partial charge in [0, 0.05) is 5.69 Å². The molecule has 0 bridgehead atoms. The van der Waals surface area contributed by atoms with Gasteiger partial charge in [-0.15, -0.1) is 5.10 Å². The lowest BCUT2D eigenvalue weighted by Crippen LogP contribution is -2.16. The molecule has 0 saturated heterocycles. The van der Waals surface area contributed by atoms with Crippen LogP contribution in [-0.2, 0) is 11.3 Å². The van der Waals surface area contributed by atoms with Gasteiger partial charge in [-0.3, -0.25) is 4.79 Å². The fraction of sp³-hybridized carbons (Fsp3) is 0.190. The number of nitrogens with zero attached hydrogens (tertiary/aromatic N) is 3. The molecule has 1 amide bonds. The van der Waals surface area contributed by atoms with Gasteiger partial charge in [0.2, 0.25) is 0 Å². The zero-order valence-corrected chi connectivity index (χ0v) is 18.6. The molecule has 0 fully saturated rings. The summed E-state index contributed by atoms with van der Waals surface area (Å²) < 4.78 is 6.43. The Morgan fingerprint density at radius 3 is 2.47 bits per heavy atom. The van der Waals surface area contributed by atoms with E-state index in [1.165, 1.54) is 22.9 Å². The van der Waals surface area contributed by atoms with E-state index in [-0.39, 0.29) is 29.1 Å². The second-order valence-electron chi connectivity index (χ2n) is 6.71. The Bertz CT molecular complexity index is 1210. The maximum Gasteiger partial charge on any atom is 0.338 e. The SMILES string of the molecule is CCOC(=O)c1cc(NC(=O)c2nnn(Cc3ccc(Cl)c(Cl)c3)c2C)cc(C(=O)O)c1. The molecule has 0 radical (unpaired) electrons. The summed E-state index contributed by atoms with van der Waals surface area (Å²) in [6.45, 7) is 3.74. The number of amides is 1. The van der Waals surface area contributed by atoms with E-state index in [9.17, 15) is 19.5 Å². The molecule has 0 atom stereocenters. The molecule has 0 aliphatic heterocycles. The Balaban J connectivity index is 1.83. The molecule has 3 aromatic rings. The van der Waals surface area contributed by atoms with Crippen LogP contribution in [0.3, 0.4) is 0 Å². The number of hydrogen-bond acceptors (Lipinski definition) is 6. The smallest absolute Gasteiger partial charge is 0.338 e. The number of nitrogens with one attached hydrogen (secondary N) is 1. The number of carboxylic acids is 1. The van der Waals surface area contributed by atoms with Crippen LogP contribution in [0.15, 0.2) is 36.4 Å². The molecule has 0 aliphatic carbocycles. The Hall–Kier alpha value is -3.43. The third-order valence-electron chi connectivity index (χ3n) is 4.46. The van der Waals surface area contributed by atoms with E-state index >= 15 is 0 Å². The molecule has 3 rings (SSSR count). The summed E-state index contributed by atoms with van der Waals surface area (Å²) >= 11 is 12.0. The van der Waals surface area contributed by atoms with Gasteiger partial charge in [0.15, 0.2) is 5.69 Å². The quantitative estimate of drug-likeness (QED) is 0.492. The highest BCUT2D eigenvalue weighted by molar-refractivity contribution is 6.42. The minimum absolute atomic E-state index is 0.00189. The van der Waals surface area contributed by atoms with Gasteiger partial charge in [0.1, 0.15) is 0 Å². The summed E-state index contributed by atoms with van der Waals surface area (Å²) in [7, 11) is 0. The highest BCUT2D eigenvalue weighted by Gasteiger charge is 2.19. The summed E-state index contributed by atoms with van der Waals surface area (Å²) in [6, 6.07) is 8.88. The van der Waals surface area contributed by atoms with Gasteiger partial charge in [0.05, 0.1) is 40.0 Å². The maximum absolute atomic E-state index is 12.8. The number of anilines is 1. The maximum atomic E-state index is 12.8. The second-order valence-corrected chi connectivity index (χ2v) is 7.52. The predicted molar refractivity (Wildman–Crippen MR) is 118 cm³/mol. The van der Waals surface area contributed by atoms with Crippen molar-refractivity contribution < 1.29 is 24.2 Å². The largest absolute Gasteiger partial charge is 0.478 e. The van der Waals surface area contributed by atoms with E-state index < -0.39 is 17.8 Å². The Morgan fingerprint density at radius 1 is 1.09 bits per heavy atom. The lowest BCUT2D eigenvalue weighted by molar-refractivity contribution is 0.0526. The Kier molecular flexibility index (Phi) is 7.12. The molecule has 2 aromatic carbocycles. The molecular weight excluding hydrogens is 459 g/mol. The highest BCUT2D eigenvalue weighted by atomic mass is 35.5. The number of aromatic nitrogens is 3. The van der Waals surface area contributed by atoms with Crippen molar-refractivity contribution in [1.29, 1.82) is 0 Å². The molecule has 0 aliphatic rings. The van der Waals surface area contributed by atoms with Crippen molar-refractivity contribution in [1.82, 2.24) is 15.0 Å². The molecule has 9 nitrogen and oxygen atoms in total. The van der Waals surface area contributed by atoms with E-state index in [0.717, 1.165) is 5.56 Å². The van der Waals surface area contributed by atoms with Crippen LogP contribution in [0.25, 0.3) is 0 Å². The zero-order chi connectivity index (χ0) is 23.4. The van der Waals surface area contributed by atoms with Crippen LogP contribution < -0.4 is 5.32 Å². The lowest BCUT2D eigenvalue weighted by Gasteiger charge is -2.09. The molecule has 0 unspecified atom stereocenters. The molecule has 0 saturated carbocycles. The van der Waals surface area contributed by atoms with Crippen molar-refractivity contribution in [3.8, 4) is 0 Å². The molecule has 11 heteroatoms. The topological polar surface area (TPSA) is 123 Å². The van der Waals surface area contributed by atoms with Crippen molar-refractivity contribution in [2.75, 3.05) is 11.9 Å². The average molecular weight is 477 g/mol. The number of rotatable bonds is 7. The molecule has 32 heavy (non-hydrogen) atoms. The van der Waals surface area contributed by atoms with Crippen molar-refractivity contribution in [3.05, 3.63) is 74.5 Å². The predicted octanol–water partition coefficient (Wildman–Crippen LogP) is 4.07. The fourth-order valence-electron chi connectivity index (χ4n) is 2.88. The molecule has 1 heterocycles. The van der Waals surface area contributed by atoms with Gasteiger partial charge in [0.25, 0.3) is 5.91 Å².